The molecule has 0 amide bonds. The number of rotatable bonds is 5. The Bertz CT molecular complexity index is 679. The highest BCUT2D eigenvalue weighted by molar-refractivity contribution is 6.16. The van der Waals surface area contributed by atoms with E-state index in [0.717, 1.165) is 29.9 Å². The summed E-state index contributed by atoms with van der Waals surface area (Å²) >= 11 is 6.05. The molecule has 112 valence electrons. The molecule has 0 aliphatic rings. The van der Waals surface area contributed by atoms with E-state index in [9.17, 15) is 0 Å². The summed E-state index contributed by atoms with van der Waals surface area (Å²) in [7, 11) is 4.15. The van der Waals surface area contributed by atoms with Gasteiger partial charge in [-0.1, -0.05) is 13.8 Å². The molecule has 21 heavy (non-hydrogen) atoms. The second kappa shape index (κ2) is 6.05. The minimum Gasteiger partial charge on any atom is -0.326 e. The Morgan fingerprint density at radius 1 is 1.38 bits per heavy atom. The van der Waals surface area contributed by atoms with Gasteiger partial charge in [0.1, 0.15) is 5.82 Å². The van der Waals surface area contributed by atoms with Crippen molar-refractivity contribution in [2.24, 2.45) is 5.41 Å². The van der Waals surface area contributed by atoms with Crippen LogP contribution in [0.4, 0.5) is 0 Å². The average molecular weight is 305 g/mol. The summed E-state index contributed by atoms with van der Waals surface area (Å²) in [5, 5.41) is 9.09. The maximum absolute atomic E-state index is 9.09. The van der Waals surface area contributed by atoms with Gasteiger partial charge in [0.2, 0.25) is 0 Å². The third-order valence-electron chi connectivity index (χ3n) is 3.41. The molecular weight excluding hydrogens is 284 g/mol. The molecule has 1 aromatic carbocycles. The molecular formula is C16H21ClN4. The number of hydrogen-bond acceptors (Lipinski definition) is 3. The predicted octanol–water partition coefficient (Wildman–Crippen LogP) is 3.23. The van der Waals surface area contributed by atoms with Crippen LogP contribution < -0.4 is 0 Å². The molecule has 2 aromatic rings. The number of hydrogen-bond donors (Lipinski definition) is 0. The van der Waals surface area contributed by atoms with Gasteiger partial charge in [0.25, 0.3) is 0 Å². The van der Waals surface area contributed by atoms with Gasteiger partial charge in [-0.25, -0.2) is 4.98 Å². The van der Waals surface area contributed by atoms with Crippen LogP contribution in [0.5, 0.6) is 0 Å². The van der Waals surface area contributed by atoms with E-state index >= 15 is 0 Å². The number of alkyl halides is 1. The molecule has 5 heteroatoms. The predicted molar refractivity (Wildman–Crippen MR) is 86.3 cm³/mol. The molecule has 2 rings (SSSR count). The maximum atomic E-state index is 9.09. The van der Waals surface area contributed by atoms with Crippen molar-refractivity contribution in [3.63, 3.8) is 0 Å². The quantitative estimate of drug-likeness (QED) is 0.797. The van der Waals surface area contributed by atoms with Crippen molar-refractivity contribution < 1.29 is 0 Å². The second-order valence-corrected chi connectivity index (χ2v) is 6.73. The van der Waals surface area contributed by atoms with Crippen molar-refractivity contribution in [1.29, 1.82) is 5.26 Å². The smallest absolute Gasteiger partial charge is 0.124 e. The monoisotopic (exact) mass is 304 g/mol. The van der Waals surface area contributed by atoms with E-state index in [1.54, 1.807) is 6.07 Å². The lowest BCUT2D eigenvalue weighted by atomic mass is 9.92. The number of nitriles is 1. The summed E-state index contributed by atoms with van der Waals surface area (Å²) < 4.78 is 2.15. The van der Waals surface area contributed by atoms with Crippen LogP contribution in [0.2, 0.25) is 0 Å². The fourth-order valence-electron chi connectivity index (χ4n) is 2.85. The molecule has 0 aliphatic carbocycles. The van der Waals surface area contributed by atoms with Crippen LogP contribution in [-0.2, 0) is 12.4 Å². The van der Waals surface area contributed by atoms with Gasteiger partial charge in [-0.2, -0.15) is 5.26 Å². The van der Waals surface area contributed by atoms with Crippen molar-refractivity contribution in [1.82, 2.24) is 14.5 Å². The lowest BCUT2D eigenvalue weighted by Crippen LogP contribution is -2.32. The van der Waals surface area contributed by atoms with Crippen molar-refractivity contribution >= 4 is 22.6 Å². The first-order valence-corrected chi connectivity index (χ1v) is 7.50. The van der Waals surface area contributed by atoms with Crippen LogP contribution in [0.25, 0.3) is 11.0 Å². The van der Waals surface area contributed by atoms with Gasteiger partial charge in [-0.05, 0) is 37.7 Å². The molecule has 0 saturated heterocycles. The summed E-state index contributed by atoms with van der Waals surface area (Å²) in [4.78, 5) is 6.76. The highest BCUT2D eigenvalue weighted by atomic mass is 35.5. The molecule has 0 saturated carbocycles. The Labute approximate surface area is 130 Å². The zero-order valence-electron chi connectivity index (χ0n) is 13.0. The molecule has 4 nitrogen and oxygen atoms in total. The summed E-state index contributed by atoms with van der Waals surface area (Å²) in [5.74, 6) is 1.22. The Kier molecular flexibility index (Phi) is 4.55. The van der Waals surface area contributed by atoms with Crippen molar-refractivity contribution in [2.45, 2.75) is 26.3 Å². The van der Waals surface area contributed by atoms with E-state index in [-0.39, 0.29) is 5.41 Å². The van der Waals surface area contributed by atoms with Crippen molar-refractivity contribution in [3.05, 3.63) is 29.6 Å². The SMILES string of the molecule is CN(C)CC(C)(C)Cn1c(CCl)nc2ccc(C#N)cc21. The number of benzene rings is 1. The fourth-order valence-corrected chi connectivity index (χ4v) is 3.06. The minimum atomic E-state index is 0.0839. The van der Waals surface area contributed by atoms with Crippen LogP contribution in [0, 0.1) is 16.7 Å². The van der Waals surface area contributed by atoms with Crippen molar-refractivity contribution in [2.75, 3.05) is 20.6 Å². The standard InChI is InChI=1S/C16H21ClN4/c1-16(2,10-20(3)4)11-21-14-7-12(9-18)5-6-13(14)19-15(21)8-17/h5-7H,8,10-11H2,1-4H3. The fraction of sp³-hybridized carbons (Fsp3) is 0.500. The van der Waals surface area contributed by atoms with Crippen LogP contribution >= 0.6 is 11.6 Å². The summed E-state index contributed by atoms with van der Waals surface area (Å²) in [6.07, 6.45) is 0. The third-order valence-corrected chi connectivity index (χ3v) is 3.65. The lowest BCUT2D eigenvalue weighted by Gasteiger charge is -2.29. The first-order valence-electron chi connectivity index (χ1n) is 6.96. The minimum absolute atomic E-state index is 0.0839. The number of halogens is 1. The summed E-state index contributed by atoms with van der Waals surface area (Å²) in [5.41, 5.74) is 2.61. The van der Waals surface area contributed by atoms with Crippen LogP contribution in [0.1, 0.15) is 25.2 Å². The van der Waals surface area contributed by atoms with E-state index in [0.29, 0.717) is 11.4 Å². The number of imidazole rings is 1. The first-order chi connectivity index (χ1) is 9.86. The highest BCUT2D eigenvalue weighted by Gasteiger charge is 2.22. The zero-order valence-corrected chi connectivity index (χ0v) is 13.8. The van der Waals surface area contributed by atoms with Gasteiger partial charge in [0, 0.05) is 13.1 Å². The Balaban J connectivity index is 2.48. The van der Waals surface area contributed by atoms with Gasteiger partial charge < -0.3 is 9.47 Å². The largest absolute Gasteiger partial charge is 0.326 e. The molecule has 0 atom stereocenters. The number of fused-ring (bicyclic) bond motifs is 1. The zero-order chi connectivity index (χ0) is 15.6. The molecule has 0 fully saturated rings. The number of nitrogens with zero attached hydrogens (tertiary/aromatic N) is 4. The maximum Gasteiger partial charge on any atom is 0.124 e. The van der Waals surface area contributed by atoms with Crippen LogP contribution in [0.3, 0.4) is 0 Å². The molecule has 0 aliphatic heterocycles. The third kappa shape index (κ3) is 3.55. The highest BCUT2D eigenvalue weighted by Crippen LogP contribution is 2.25. The van der Waals surface area contributed by atoms with Gasteiger partial charge in [-0.15, -0.1) is 11.6 Å². The Morgan fingerprint density at radius 3 is 2.67 bits per heavy atom. The van der Waals surface area contributed by atoms with E-state index < -0.39 is 0 Å². The molecule has 0 spiro atoms. The number of aromatic nitrogens is 2. The van der Waals surface area contributed by atoms with E-state index in [4.69, 9.17) is 16.9 Å². The van der Waals surface area contributed by atoms with E-state index in [1.807, 2.05) is 12.1 Å². The lowest BCUT2D eigenvalue weighted by molar-refractivity contribution is 0.212. The normalized spacial score (nSPS) is 12.0. The van der Waals surface area contributed by atoms with Crippen LogP contribution in [-0.4, -0.2) is 35.1 Å². The Hall–Kier alpha value is -1.57. The first kappa shape index (κ1) is 15.8. The topological polar surface area (TPSA) is 44.9 Å². The second-order valence-electron chi connectivity index (χ2n) is 6.47. The molecule has 1 aromatic heterocycles. The molecule has 0 N–H and O–H groups in total. The van der Waals surface area contributed by atoms with E-state index in [2.05, 4.69) is 48.5 Å². The van der Waals surface area contributed by atoms with Crippen LogP contribution in [0.15, 0.2) is 18.2 Å². The van der Waals surface area contributed by atoms with Gasteiger partial charge in [0.05, 0.1) is 28.5 Å². The summed E-state index contributed by atoms with van der Waals surface area (Å²) in [6.45, 7) is 6.24. The molecule has 0 radical (unpaired) electrons. The summed E-state index contributed by atoms with van der Waals surface area (Å²) in [6, 6.07) is 7.76. The molecule has 0 unspecified atom stereocenters. The van der Waals surface area contributed by atoms with Crippen molar-refractivity contribution in [3.8, 4) is 6.07 Å². The Morgan fingerprint density at radius 2 is 2.10 bits per heavy atom. The molecule has 1 heterocycles. The molecule has 0 bridgehead atoms. The van der Waals surface area contributed by atoms with Gasteiger partial charge in [0.15, 0.2) is 0 Å². The van der Waals surface area contributed by atoms with Gasteiger partial charge >= 0.3 is 0 Å². The van der Waals surface area contributed by atoms with E-state index in [1.165, 1.54) is 0 Å². The average Bonchev–Trinajstić information content (AvgIpc) is 2.73. The van der Waals surface area contributed by atoms with Gasteiger partial charge in [-0.3, -0.25) is 0 Å².